The van der Waals surface area contributed by atoms with Crippen LogP contribution in [-0.2, 0) is 6.54 Å². The molecule has 1 heterocycles. The van der Waals surface area contributed by atoms with Gasteiger partial charge in [0.25, 0.3) is 0 Å². The topological polar surface area (TPSA) is 76.9 Å². The molecule has 17 heavy (non-hydrogen) atoms. The van der Waals surface area contributed by atoms with Gasteiger partial charge in [-0.1, -0.05) is 6.07 Å². The van der Waals surface area contributed by atoms with Gasteiger partial charge >= 0.3 is 0 Å². The van der Waals surface area contributed by atoms with Crippen molar-refractivity contribution in [1.29, 1.82) is 5.26 Å². The van der Waals surface area contributed by atoms with E-state index in [-0.39, 0.29) is 0 Å². The van der Waals surface area contributed by atoms with E-state index in [9.17, 15) is 0 Å². The molecule has 0 bridgehead atoms. The SMILES string of the molecule is COc1ccc(Cn2cc(N)cn2)cc1C#N. The average Bonchev–Trinajstić information content (AvgIpc) is 2.74. The van der Waals surface area contributed by atoms with E-state index in [2.05, 4.69) is 11.2 Å². The van der Waals surface area contributed by atoms with Crippen molar-refractivity contribution < 1.29 is 4.74 Å². The summed E-state index contributed by atoms with van der Waals surface area (Å²) in [6, 6.07) is 7.57. The van der Waals surface area contributed by atoms with Gasteiger partial charge in [-0.3, -0.25) is 4.68 Å². The lowest BCUT2D eigenvalue weighted by molar-refractivity contribution is 0.413. The summed E-state index contributed by atoms with van der Waals surface area (Å²) in [5.74, 6) is 0.580. The van der Waals surface area contributed by atoms with Gasteiger partial charge in [-0.2, -0.15) is 10.4 Å². The zero-order valence-electron chi connectivity index (χ0n) is 9.42. The molecule has 0 spiro atoms. The molecule has 0 saturated carbocycles. The van der Waals surface area contributed by atoms with Crippen LogP contribution in [0.2, 0.25) is 0 Å². The molecule has 0 atom stereocenters. The standard InChI is InChI=1S/C12H12N4O/c1-17-12-3-2-9(4-10(12)5-13)7-16-8-11(14)6-15-16/h2-4,6,8H,7,14H2,1H3. The monoisotopic (exact) mass is 228 g/mol. The second-order valence-electron chi connectivity index (χ2n) is 3.62. The number of nitriles is 1. The number of ether oxygens (including phenoxy) is 1. The fourth-order valence-corrected chi connectivity index (χ4v) is 1.59. The van der Waals surface area contributed by atoms with Gasteiger partial charge in [-0.05, 0) is 17.7 Å². The van der Waals surface area contributed by atoms with E-state index in [1.807, 2.05) is 6.07 Å². The molecule has 0 unspecified atom stereocenters. The van der Waals surface area contributed by atoms with Crippen LogP contribution in [0.4, 0.5) is 5.69 Å². The Morgan fingerprint density at radius 1 is 1.53 bits per heavy atom. The van der Waals surface area contributed by atoms with Crippen molar-refractivity contribution in [2.75, 3.05) is 12.8 Å². The molecule has 0 saturated heterocycles. The van der Waals surface area contributed by atoms with Crippen molar-refractivity contribution >= 4 is 5.69 Å². The van der Waals surface area contributed by atoms with E-state index >= 15 is 0 Å². The van der Waals surface area contributed by atoms with Crippen molar-refractivity contribution in [3.05, 3.63) is 41.7 Å². The Kier molecular flexibility index (Phi) is 2.97. The highest BCUT2D eigenvalue weighted by Gasteiger charge is 2.04. The van der Waals surface area contributed by atoms with E-state index in [0.717, 1.165) is 5.56 Å². The first-order valence-electron chi connectivity index (χ1n) is 5.08. The van der Waals surface area contributed by atoms with Crippen LogP contribution in [0.3, 0.4) is 0 Å². The number of benzene rings is 1. The summed E-state index contributed by atoms with van der Waals surface area (Å²) >= 11 is 0. The van der Waals surface area contributed by atoms with E-state index in [1.54, 1.807) is 36.3 Å². The molecule has 0 aliphatic heterocycles. The van der Waals surface area contributed by atoms with Crippen LogP contribution in [0, 0.1) is 11.3 Å². The lowest BCUT2D eigenvalue weighted by Gasteiger charge is -2.06. The quantitative estimate of drug-likeness (QED) is 0.861. The molecule has 0 radical (unpaired) electrons. The Hall–Kier alpha value is -2.48. The van der Waals surface area contributed by atoms with Crippen LogP contribution < -0.4 is 10.5 Å². The number of hydrogen-bond donors (Lipinski definition) is 1. The molecule has 0 aliphatic rings. The van der Waals surface area contributed by atoms with Gasteiger partial charge in [-0.25, -0.2) is 0 Å². The molecule has 5 heteroatoms. The van der Waals surface area contributed by atoms with Gasteiger partial charge in [-0.15, -0.1) is 0 Å². The summed E-state index contributed by atoms with van der Waals surface area (Å²) in [4.78, 5) is 0. The number of aromatic nitrogens is 2. The summed E-state index contributed by atoms with van der Waals surface area (Å²) in [6.07, 6.45) is 3.34. The number of nitrogens with two attached hydrogens (primary N) is 1. The van der Waals surface area contributed by atoms with E-state index < -0.39 is 0 Å². The van der Waals surface area contributed by atoms with Gasteiger partial charge in [0.15, 0.2) is 0 Å². The minimum atomic E-state index is 0.519. The van der Waals surface area contributed by atoms with Crippen LogP contribution in [0.5, 0.6) is 5.75 Å². The van der Waals surface area contributed by atoms with Gasteiger partial charge in [0.2, 0.25) is 0 Å². The number of hydrogen-bond acceptors (Lipinski definition) is 4. The van der Waals surface area contributed by atoms with Gasteiger partial charge in [0.1, 0.15) is 11.8 Å². The molecule has 1 aromatic heterocycles. The summed E-state index contributed by atoms with van der Waals surface area (Å²) in [6.45, 7) is 0.579. The first-order chi connectivity index (χ1) is 8.22. The maximum Gasteiger partial charge on any atom is 0.136 e. The van der Waals surface area contributed by atoms with Crippen molar-refractivity contribution in [2.45, 2.75) is 6.54 Å². The van der Waals surface area contributed by atoms with Gasteiger partial charge < -0.3 is 10.5 Å². The lowest BCUT2D eigenvalue weighted by atomic mass is 10.1. The third-order valence-electron chi connectivity index (χ3n) is 2.38. The van der Waals surface area contributed by atoms with Crippen molar-refractivity contribution in [1.82, 2.24) is 9.78 Å². The zero-order chi connectivity index (χ0) is 12.3. The summed E-state index contributed by atoms with van der Waals surface area (Å²) in [5.41, 5.74) is 7.70. The van der Waals surface area contributed by atoms with Crippen LogP contribution >= 0.6 is 0 Å². The molecule has 0 fully saturated rings. The van der Waals surface area contributed by atoms with Crippen molar-refractivity contribution in [2.24, 2.45) is 0 Å². The second kappa shape index (κ2) is 4.58. The molecule has 2 N–H and O–H groups in total. The largest absolute Gasteiger partial charge is 0.495 e. The third-order valence-corrected chi connectivity index (χ3v) is 2.38. The number of nitrogens with zero attached hydrogens (tertiary/aromatic N) is 3. The molecule has 0 aliphatic carbocycles. The fraction of sp³-hybridized carbons (Fsp3) is 0.167. The van der Waals surface area contributed by atoms with Gasteiger partial charge in [0, 0.05) is 6.20 Å². The van der Waals surface area contributed by atoms with Gasteiger partial charge in [0.05, 0.1) is 31.1 Å². The van der Waals surface area contributed by atoms with Crippen LogP contribution in [0.15, 0.2) is 30.6 Å². The molecule has 2 rings (SSSR count). The van der Waals surface area contributed by atoms with Crippen LogP contribution in [0.25, 0.3) is 0 Å². The normalized spacial score (nSPS) is 9.88. The average molecular weight is 228 g/mol. The molecule has 86 valence electrons. The van der Waals surface area contributed by atoms with Crippen molar-refractivity contribution in [3.8, 4) is 11.8 Å². The maximum absolute atomic E-state index is 8.97. The van der Waals surface area contributed by atoms with E-state index in [0.29, 0.717) is 23.5 Å². The first-order valence-corrected chi connectivity index (χ1v) is 5.08. The summed E-state index contributed by atoms with van der Waals surface area (Å²) in [5, 5.41) is 13.1. The number of methoxy groups -OCH3 is 1. The molecule has 0 amide bonds. The Balaban J connectivity index is 2.26. The highest BCUT2D eigenvalue weighted by Crippen LogP contribution is 2.19. The van der Waals surface area contributed by atoms with Crippen LogP contribution in [0.1, 0.15) is 11.1 Å². The summed E-state index contributed by atoms with van der Waals surface area (Å²) < 4.78 is 6.80. The van der Waals surface area contributed by atoms with E-state index in [4.69, 9.17) is 15.7 Å². The molecular formula is C12H12N4O. The number of anilines is 1. The first kappa shape index (κ1) is 11.0. The Morgan fingerprint density at radius 2 is 2.35 bits per heavy atom. The maximum atomic E-state index is 8.97. The predicted molar refractivity (Wildman–Crippen MR) is 63.5 cm³/mol. The third kappa shape index (κ3) is 2.37. The zero-order valence-corrected chi connectivity index (χ0v) is 9.42. The molecule has 2 aromatic rings. The smallest absolute Gasteiger partial charge is 0.136 e. The molecule has 1 aromatic carbocycles. The predicted octanol–water partition coefficient (Wildman–Crippen LogP) is 1.39. The van der Waals surface area contributed by atoms with Crippen molar-refractivity contribution in [3.63, 3.8) is 0 Å². The minimum absolute atomic E-state index is 0.519. The highest BCUT2D eigenvalue weighted by molar-refractivity contribution is 5.45. The minimum Gasteiger partial charge on any atom is -0.495 e. The lowest BCUT2D eigenvalue weighted by Crippen LogP contribution is -2.00. The van der Waals surface area contributed by atoms with Crippen LogP contribution in [-0.4, -0.2) is 16.9 Å². The Labute approximate surface area is 99.0 Å². The number of rotatable bonds is 3. The molecular weight excluding hydrogens is 216 g/mol. The number of nitrogen functional groups attached to an aromatic ring is 1. The summed E-state index contributed by atoms with van der Waals surface area (Å²) in [7, 11) is 1.55. The Morgan fingerprint density at radius 3 is 2.94 bits per heavy atom. The highest BCUT2D eigenvalue weighted by atomic mass is 16.5. The van der Waals surface area contributed by atoms with E-state index in [1.165, 1.54) is 0 Å². The Bertz CT molecular complexity index is 568. The fourth-order valence-electron chi connectivity index (χ4n) is 1.59. The molecule has 5 nitrogen and oxygen atoms in total. The second-order valence-corrected chi connectivity index (χ2v) is 3.62.